The number of amides is 1. The quantitative estimate of drug-likeness (QED) is 0.746. The minimum absolute atomic E-state index is 0.157. The number of fused-ring (bicyclic) bond motifs is 1. The Morgan fingerprint density at radius 3 is 2.54 bits per heavy atom. The molecule has 28 heavy (non-hydrogen) atoms. The van der Waals surface area contributed by atoms with Crippen molar-refractivity contribution >= 4 is 40.8 Å². The first-order valence-corrected chi connectivity index (χ1v) is 9.41. The molecule has 3 rings (SSSR count). The van der Waals surface area contributed by atoms with Crippen molar-refractivity contribution in [3.05, 3.63) is 63.6 Å². The Morgan fingerprint density at radius 2 is 1.89 bits per heavy atom. The van der Waals surface area contributed by atoms with Crippen LogP contribution >= 0.6 is 23.2 Å². The molecule has 8 heteroatoms. The van der Waals surface area contributed by atoms with E-state index in [2.05, 4.69) is 5.43 Å². The predicted molar refractivity (Wildman–Crippen MR) is 108 cm³/mol. The number of rotatable bonds is 5. The molecule has 0 radical (unpaired) electrons. The van der Waals surface area contributed by atoms with Gasteiger partial charge in [-0.2, -0.15) is 0 Å². The number of nitrogens with zero attached hydrogens (tertiary/aromatic N) is 1. The van der Waals surface area contributed by atoms with Crippen molar-refractivity contribution in [2.24, 2.45) is 0 Å². The Hall–Kier alpha value is -2.28. The highest BCUT2D eigenvalue weighted by Crippen LogP contribution is 2.46. The molecule has 0 unspecified atom stereocenters. The molecule has 0 saturated carbocycles. The molecule has 0 saturated heterocycles. The van der Waals surface area contributed by atoms with Crippen LogP contribution in [0, 0.1) is 0 Å². The van der Waals surface area contributed by atoms with Gasteiger partial charge in [-0.05, 0) is 24.1 Å². The second-order valence-corrected chi connectivity index (χ2v) is 7.24. The largest absolute Gasteiger partial charge is 0.467 e. The Balaban J connectivity index is 2.15. The van der Waals surface area contributed by atoms with Crippen LogP contribution < -0.4 is 10.4 Å². The Kier molecular flexibility index (Phi) is 6.44. The van der Waals surface area contributed by atoms with Crippen LogP contribution in [0.1, 0.15) is 23.5 Å². The summed E-state index contributed by atoms with van der Waals surface area (Å²) >= 11 is 12.8. The van der Waals surface area contributed by atoms with Gasteiger partial charge in [0.15, 0.2) is 0 Å². The fourth-order valence-corrected chi connectivity index (χ4v) is 4.11. The van der Waals surface area contributed by atoms with Gasteiger partial charge in [0.25, 0.3) is 5.91 Å². The molecule has 0 bridgehead atoms. The maximum Gasteiger partial charge on any atom is 0.330 e. The van der Waals surface area contributed by atoms with E-state index in [1.54, 1.807) is 12.1 Å². The number of ether oxygens (including phenoxy) is 2. The van der Waals surface area contributed by atoms with Gasteiger partial charge in [0.2, 0.25) is 0 Å². The number of methoxy groups -OCH3 is 2. The zero-order valence-electron chi connectivity index (χ0n) is 15.4. The van der Waals surface area contributed by atoms with Crippen LogP contribution in [0.4, 0.5) is 5.69 Å². The summed E-state index contributed by atoms with van der Waals surface area (Å²) in [7, 11) is 2.73. The van der Waals surface area contributed by atoms with Gasteiger partial charge in [0, 0.05) is 28.6 Å². The average molecular weight is 423 g/mol. The van der Waals surface area contributed by atoms with Gasteiger partial charge >= 0.3 is 5.97 Å². The first-order chi connectivity index (χ1) is 13.5. The lowest BCUT2D eigenvalue weighted by Crippen LogP contribution is -2.56. The number of halogens is 2. The van der Waals surface area contributed by atoms with E-state index in [-0.39, 0.29) is 12.5 Å². The number of carbonyl (C=O) groups is 2. The molecule has 0 aliphatic carbocycles. The normalized spacial score (nSPS) is 18.4. The number of esters is 1. The maximum atomic E-state index is 12.6. The Labute approximate surface area is 173 Å². The maximum absolute atomic E-state index is 12.6. The summed E-state index contributed by atoms with van der Waals surface area (Å²) in [6, 6.07) is 12.3. The molecule has 1 aliphatic rings. The number of hydrazine groups is 1. The lowest BCUT2D eigenvalue weighted by Gasteiger charge is -2.41. The van der Waals surface area contributed by atoms with Crippen molar-refractivity contribution in [1.82, 2.24) is 5.43 Å². The third-order valence-electron chi connectivity index (χ3n) is 4.65. The van der Waals surface area contributed by atoms with Crippen molar-refractivity contribution in [3.8, 4) is 0 Å². The molecular formula is C20H20Cl2N2O4. The number of carbonyl (C=O) groups excluding carboxylic acids is 2. The highest BCUT2D eigenvalue weighted by molar-refractivity contribution is 6.35. The van der Waals surface area contributed by atoms with E-state index in [0.717, 1.165) is 11.1 Å². The molecule has 1 amide bonds. The van der Waals surface area contributed by atoms with E-state index in [1.807, 2.05) is 30.3 Å². The van der Waals surface area contributed by atoms with Crippen molar-refractivity contribution < 1.29 is 19.1 Å². The van der Waals surface area contributed by atoms with Crippen molar-refractivity contribution in [3.63, 3.8) is 0 Å². The molecule has 1 heterocycles. The third-order valence-corrected chi connectivity index (χ3v) is 5.18. The topological polar surface area (TPSA) is 67.9 Å². The van der Waals surface area contributed by atoms with Crippen LogP contribution in [0.15, 0.2) is 42.5 Å². The minimum Gasteiger partial charge on any atom is -0.467 e. The minimum atomic E-state index is -0.752. The zero-order valence-corrected chi connectivity index (χ0v) is 17.0. The van der Waals surface area contributed by atoms with Crippen molar-refractivity contribution in [2.75, 3.05) is 25.8 Å². The second kappa shape index (κ2) is 8.82. The lowest BCUT2D eigenvalue weighted by atomic mass is 9.81. The fourth-order valence-electron chi connectivity index (χ4n) is 3.49. The molecular weight excluding hydrogens is 403 g/mol. The number of hydrogen-bond acceptors (Lipinski definition) is 5. The highest BCUT2D eigenvalue weighted by atomic mass is 35.5. The van der Waals surface area contributed by atoms with E-state index in [9.17, 15) is 9.59 Å². The summed E-state index contributed by atoms with van der Waals surface area (Å²) in [4.78, 5) is 24.8. The van der Waals surface area contributed by atoms with Crippen LogP contribution in [-0.4, -0.2) is 38.7 Å². The second-order valence-electron chi connectivity index (χ2n) is 6.40. The van der Waals surface area contributed by atoms with E-state index in [0.29, 0.717) is 22.2 Å². The van der Waals surface area contributed by atoms with Gasteiger partial charge in [-0.3, -0.25) is 15.2 Å². The van der Waals surface area contributed by atoms with Crippen molar-refractivity contribution in [1.29, 1.82) is 0 Å². The van der Waals surface area contributed by atoms with Gasteiger partial charge in [0.05, 0.1) is 12.8 Å². The lowest BCUT2D eigenvalue weighted by molar-refractivity contribution is -0.143. The zero-order chi connectivity index (χ0) is 20.3. The highest BCUT2D eigenvalue weighted by Gasteiger charge is 2.40. The predicted octanol–water partition coefficient (Wildman–Crippen LogP) is 3.55. The number of nitrogens with one attached hydrogen (secondary N) is 1. The van der Waals surface area contributed by atoms with Crippen LogP contribution in [-0.2, 0) is 19.1 Å². The summed E-state index contributed by atoms with van der Waals surface area (Å²) in [5.41, 5.74) is 5.06. The van der Waals surface area contributed by atoms with Gasteiger partial charge in [-0.15, -0.1) is 0 Å². The Morgan fingerprint density at radius 1 is 1.18 bits per heavy atom. The van der Waals surface area contributed by atoms with Gasteiger partial charge in [-0.25, -0.2) is 4.79 Å². The molecule has 1 aliphatic heterocycles. The fraction of sp³-hybridized carbons (Fsp3) is 0.300. The standard InChI is InChI=1S/C20H20Cl2N2O4/c1-27-11-18(25)23-24-16-9-13(21)8-15(22)19(16)14(10-17(24)20(26)28-2)12-6-4-3-5-7-12/h3-9,14,17H,10-11H2,1-2H3,(H,23,25)/t14-,17-/m1/s1. The summed E-state index contributed by atoms with van der Waals surface area (Å²) in [5, 5.41) is 2.33. The van der Waals surface area contributed by atoms with Gasteiger partial charge < -0.3 is 9.47 Å². The van der Waals surface area contributed by atoms with E-state index < -0.39 is 17.9 Å². The molecule has 0 spiro atoms. The monoisotopic (exact) mass is 422 g/mol. The van der Waals surface area contributed by atoms with E-state index in [1.165, 1.54) is 19.2 Å². The molecule has 0 aromatic heterocycles. The number of anilines is 1. The molecule has 0 fully saturated rings. The van der Waals surface area contributed by atoms with Crippen molar-refractivity contribution in [2.45, 2.75) is 18.4 Å². The SMILES string of the molecule is COCC(=O)NN1c2cc(Cl)cc(Cl)c2[C@@H](c2ccccc2)C[C@@H]1C(=O)OC. The molecule has 2 atom stereocenters. The van der Waals surface area contributed by atoms with Gasteiger partial charge in [-0.1, -0.05) is 53.5 Å². The summed E-state index contributed by atoms with van der Waals surface area (Å²) in [6.45, 7) is -0.157. The number of hydrogen-bond donors (Lipinski definition) is 1. The van der Waals surface area contributed by atoms with Crippen LogP contribution in [0.25, 0.3) is 0 Å². The summed E-state index contributed by atoms with van der Waals surface area (Å²) in [6.07, 6.45) is 0.373. The molecule has 6 nitrogen and oxygen atoms in total. The first-order valence-electron chi connectivity index (χ1n) is 8.65. The van der Waals surface area contributed by atoms with Crippen LogP contribution in [0.3, 0.4) is 0 Å². The summed E-state index contributed by atoms with van der Waals surface area (Å²) < 4.78 is 9.88. The summed E-state index contributed by atoms with van der Waals surface area (Å²) in [5.74, 6) is -1.04. The molecule has 1 N–H and O–H groups in total. The smallest absolute Gasteiger partial charge is 0.330 e. The first kappa shape index (κ1) is 20.5. The molecule has 148 valence electrons. The third kappa shape index (κ3) is 4.09. The Bertz CT molecular complexity index is 876. The van der Waals surface area contributed by atoms with E-state index >= 15 is 0 Å². The van der Waals surface area contributed by atoms with E-state index in [4.69, 9.17) is 32.7 Å². The molecule has 2 aromatic carbocycles. The van der Waals surface area contributed by atoms with Crippen LogP contribution in [0.2, 0.25) is 10.0 Å². The van der Waals surface area contributed by atoms with Crippen LogP contribution in [0.5, 0.6) is 0 Å². The van der Waals surface area contributed by atoms with Gasteiger partial charge in [0.1, 0.15) is 12.6 Å². The average Bonchev–Trinajstić information content (AvgIpc) is 2.68. The number of benzene rings is 2. The molecule has 2 aromatic rings.